The first-order valence-electron chi connectivity index (χ1n) is 13.1. The van der Waals surface area contributed by atoms with E-state index in [1.54, 1.807) is 21.3 Å². The summed E-state index contributed by atoms with van der Waals surface area (Å²) in [6.07, 6.45) is -0.00284. The minimum atomic E-state index is -1.24. The second kappa shape index (κ2) is 11.4. The Morgan fingerprint density at radius 3 is 1.93 bits per heavy atom. The average Bonchev–Trinajstić information content (AvgIpc) is 3.52. The van der Waals surface area contributed by atoms with Gasteiger partial charge in [-0.15, -0.1) is 0 Å². The lowest BCUT2D eigenvalue weighted by Crippen LogP contribution is -2.51. The molecule has 5 rings (SSSR count). The summed E-state index contributed by atoms with van der Waals surface area (Å²) in [5, 5.41) is 21.0. The Morgan fingerprint density at radius 2 is 1.41 bits per heavy atom. The molecule has 2 heterocycles. The molecule has 5 aromatic rings. The van der Waals surface area contributed by atoms with Crippen molar-refractivity contribution in [2.24, 2.45) is 7.05 Å². The molecule has 3 N–H and O–H groups in total. The number of rotatable bonds is 10. The molecule has 0 saturated heterocycles. The third kappa shape index (κ3) is 4.71. The predicted molar refractivity (Wildman–Crippen MR) is 155 cm³/mol. The Kier molecular flexibility index (Phi) is 7.78. The molecule has 0 saturated carbocycles. The van der Waals surface area contributed by atoms with Gasteiger partial charge in [0.15, 0.2) is 5.65 Å². The quantitative estimate of drug-likeness (QED) is 0.226. The summed E-state index contributed by atoms with van der Waals surface area (Å²) >= 11 is 0. The zero-order chi connectivity index (χ0) is 29.1. The van der Waals surface area contributed by atoms with E-state index in [2.05, 4.69) is 9.97 Å². The molecule has 2 aromatic heterocycles. The first-order valence-corrected chi connectivity index (χ1v) is 13.1. The van der Waals surface area contributed by atoms with Gasteiger partial charge in [-0.05, 0) is 47.4 Å². The second-order valence-electron chi connectivity index (χ2n) is 9.84. The number of methoxy groups -OCH3 is 2. The number of nitrogens with one attached hydrogen (secondary N) is 1. The van der Waals surface area contributed by atoms with Crippen LogP contribution < -0.4 is 20.7 Å². The Bertz CT molecular complexity index is 1690. The van der Waals surface area contributed by atoms with Gasteiger partial charge in [-0.25, -0.2) is 9.78 Å². The van der Waals surface area contributed by atoms with E-state index in [0.29, 0.717) is 11.5 Å². The van der Waals surface area contributed by atoms with Gasteiger partial charge in [-0.2, -0.15) is 0 Å². The smallest absolute Gasteiger partial charge is 0.332 e. The van der Waals surface area contributed by atoms with Gasteiger partial charge in [0.2, 0.25) is 0 Å². The van der Waals surface area contributed by atoms with Crippen molar-refractivity contribution < 1.29 is 19.7 Å². The molecule has 0 bridgehead atoms. The third-order valence-electron chi connectivity index (χ3n) is 7.70. The highest BCUT2D eigenvalue weighted by atomic mass is 16.5. The molecular weight excluding hydrogens is 524 g/mol. The molecule has 10 nitrogen and oxygen atoms in total. The van der Waals surface area contributed by atoms with Crippen LogP contribution in [0.5, 0.6) is 11.5 Å². The average molecular weight is 557 g/mol. The van der Waals surface area contributed by atoms with Crippen molar-refractivity contribution in [1.29, 1.82) is 0 Å². The number of benzene rings is 3. The van der Waals surface area contributed by atoms with E-state index in [4.69, 9.17) is 9.47 Å². The fourth-order valence-electron chi connectivity index (χ4n) is 5.73. The fourth-order valence-corrected chi connectivity index (χ4v) is 5.73. The van der Waals surface area contributed by atoms with Gasteiger partial charge in [0.25, 0.3) is 5.56 Å². The molecule has 10 heteroatoms. The van der Waals surface area contributed by atoms with Crippen LogP contribution in [0.3, 0.4) is 0 Å². The van der Waals surface area contributed by atoms with Crippen LogP contribution in [0.25, 0.3) is 11.2 Å². The molecule has 2 unspecified atom stereocenters. The van der Waals surface area contributed by atoms with E-state index < -0.39 is 35.4 Å². The Labute approximate surface area is 236 Å². The lowest BCUT2D eigenvalue weighted by molar-refractivity contribution is 0.0667. The summed E-state index contributed by atoms with van der Waals surface area (Å²) in [6, 6.07) is 23.3. The highest BCUT2D eigenvalue weighted by Crippen LogP contribution is 2.49. The first-order chi connectivity index (χ1) is 19.9. The lowest BCUT2D eigenvalue weighted by Gasteiger charge is -2.44. The van der Waals surface area contributed by atoms with Crippen molar-refractivity contribution in [3.8, 4) is 11.5 Å². The molecule has 0 aliphatic carbocycles. The van der Waals surface area contributed by atoms with Crippen LogP contribution in [-0.2, 0) is 12.5 Å². The molecule has 212 valence electrons. The van der Waals surface area contributed by atoms with Crippen LogP contribution in [0.4, 0.5) is 0 Å². The maximum atomic E-state index is 14.1. The van der Waals surface area contributed by atoms with E-state index in [1.807, 2.05) is 78.9 Å². The van der Waals surface area contributed by atoms with E-state index in [9.17, 15) is 19.8 Å². The number of aryl methyl sites for hydroxylation is 1. The molecule has 0 aliphatic rings. The number of H-pyrrole nitrogens is 1. The number of aliphatic hydroxyl groups is 2. The first kappa shape index (κ1) is 27.9. The summed E-state index contributed by atoms with van der Waals surface area (Å²) in [7, 11) is 4.70. The molecule has 3 aromatic carbocycles. The maximum Gasteiger partial charge on any atom is 0.332 e. The normalized spacial score (nSPS) is 13.2. The largest absolute Gasteiger partial charge is 0.497 e. The molecule has 0 fully saturated rings. The maximum absolute atomic E-state index is 14.1. The topological polar surface area (TPSA) is 132 Å². The van der Waals surface area contributed by atoms with Gasteiger partial charge < -0.3 is 24.7 Å². The Balaban J connectivity index is 1.97. The fraction of sp³-hybridized carbons (Fsp3) is 0.258. The van der Waals surface area contributed by atoms with Gasteiger partial charge in [0.1, 0.15) is 17.0 Å². The molecule has 41 heavy (non-hydrogen) atoms. The number of imidazole rings is 1. The summed E-state index contributed by atoms with van der Waals surface area (Å²) < 4.78 is 13.3. The van der Waals surface area contributed by atoms with Crippen molar-refractivity contribution in [3.05, 3.63) is 123 Å². The minimum absolute atomic E-state index is 0.127. The summed E-state index contributed by atoms with van der Waals surface area (Å²) in [4.78, 5) is 35.2. The summed E-state index contributed by atoms with van der Waals surface area (Å²) in [6.45, 7) is -0.562. The number of ether oxygens (including phenoxy) is 2. The van der Waals surface area contributed by atoms with E-state index in [1.165, 1.54) is 15.5 Å². The van der Waals surface area contributed by atoms with Crippen LogP contribution in [0, 0.1) is 0 Å². The van der Waals surface area contributed by atoms with Crippen LogP contribution in [0.2, 0.25) is 0 Å². The number of hydrogen-bond acceptors (Lipinski definition) is 7. The number of aromatic amines is 1. The number of hydrogen-bond donors (Lipinski definition) is 3. The highest BCUT2D eigenvalue weighted by molar-refractivity contribution is 5.69. The molecule has 0 spiro atoms. The standard InChI is InChI=1S/C31H32N4O6/c1-34-28-27(32-19-33-28)29(38)35(30(34)39)26(17-23(37)18-36)31(20-7-5-4-6-8-20,21-9-13-24(40-2)14-10-21)22-11-15-25(41-3)16-12-22/h4-16,19,23,26,36-37H,17-18H2,1-3H3,(H,32,33). The Hall–Kier alpha value is -4.67. The van der Waals surface area contributed by atoms with Gasteiger partial charge in [0, 0.05) is 7.05 Å². The lowest BCUT2D eigenvalue weighted by atomic mass is 9.63. The molecule has 0 amide bonds. The van der Waals surface area contributed by atoms with Crippen LogP contribution in [-0.4, -0.2) is 56.2 Å². The highest BCUT2D eigenvalue weighted by Gasteiger charge is 2.47. The van der Waals surface area contributed by atoms with Crippen LogP contribution in [0.15, 0.2) is 94.8 Å². The van der Waals surface area contributed by atoms with Gasteiger partial charge in [-0.3, -0.25) is 13.9 Å². The number of aliphatic hydroxyl groups excluding tert-OH is 2. The zero-order valence-corrected chi connectivity index (χ0v) is 23.0. The van der Waals surface area contributed by atoms with Crippen molar-refractivity contribution in [3.63, 3.8) is 0 Å². The van der Waals surface area contributed by atoms with Gasteiger partial charge in [-0.1, -0.05) is 54.6 Å². The summed E-state index contributed by atoms with van der Waals surface area (Å²) in [5.41, 5.74) is 0.222. The minimum Gasteiger partial charge on any atom is -0.497 e. The van der Waals surface area contributed by atoms with E-state index in [-0.39, 0.29) is 17.6 Å². The van der Waals surface area contributed by atoms with Crippen molar-refractivity contribution in [1.82, 2.24) is 19.1 Å². The van der Waals surface area contributed by atoms with Gasteiger partial charge >= 0.3 is 5.69 Å². The van der Waals surface area contributed by atoms with Crippen molar-refractivity contribution >= 4 is 11.2 Å². The SMILES string of the molecule is COc1ccc(C(c2ccccc2)(c2ccc(OC)cc2)C(CC(O)CO)n2c(=O)c3[nH]cnc3n(C)c2=O)cc1. The van der Waals surface area contributed by atoms with Gasteiger partial charge in [0.05, 0.1) is 44.7 Å². The van der Waals surface area contributed by atoms with Crippen molar-refractivity contribution in [2.45, 2.75) is 24.0 Å². The summed E-state index contributed by atoms with van der Waals surface area (Å²) in [5.74, 6) is 1.26. The molecular formula is C31H32N4O6. The molecule has 2 atom stereocenters. The van der Waals surface area contributed by atoms with Crippen LogP contribution >= 0.6 is 0 Å². The number of nitrogens with zero attached hydrogens (tertiary/aromatic N) is 3. The zero-order valence-electron chi connectivity index (χ0n) is 23.0. The molecule has 0 aliphatic heterocycles. The number of aromatic nitrogens is 4. The Morgan fingerprint density at radius 1 is 0.878 bits per heavy atom. The third-order valence-corrected chi connectivity index (χ3v) is 7.70. The van der Waals surface area contributed by atoms with E-state index >= 15 is 0 Å². The van der Waals surface area contributed by atoms with E-state index in [0.717, 1.165) is 16.7 Å². The monoisotopic (exact) mass is 556 g/mol. The predicted octanol–water partition coefficient (Wildman–Crippen LogP) is 2.76. The number of fused-ring (bicyclic) bond motifs is 1. The van der Waals surface area contributed by atoms with Crippen LogP contribution in [0.1, 0.15) is 29.2 Å². The molecule has 0 radical (unpaired) electrons. The van der Waals surface area contributed by atoms with Crippen molar-refractivity contribution in [2.75, 3.05) is 20.8 Å². The second-order valence-corrected chi connectivity index (χ2v) is 9.84.